The Hall–Kier alpha value is -2.97. The largest absolute Gasteiger partial charge is 0.481 e. The topological polar surface area (TPSA) is 126 Å². The average Bonchev–Trinajstić information content (AvgIpc) is 2.60. The third-order valence-corrected chi connectivity index (χ3v) is 3.72. The van der Waals surface area contributed by atoms with Gasteiger partial charge in [0.25, 0.3) is 5.91 Å². The van der Waals surface area contributed by atoms with Gasteiger partial charge in [0.1, 0.15) is 17.0 Å². The SMILES string of the molecule is N#CSc1ccc(N/C=C(/C#N)C(=O)NCCCCCC(=O)O)cc1. The molecule has 130 valence electrons. The van der Waals surface area contributed by atoms with Crippen LogP contribution < -0.4 is 10.6 Å². The summed E-state index contributed by atoms with van der Waals surface area (Å²) in [6, 6.07) is 8.83. The third kappa shape index (κ3) is 8.45. The van der Waals surface area contributed by atoms with Gasteiger partial charge in [-0.15, -0.1) is 0 Å². The van der Waals surface area contributed by atoms with Gasteiger partial charge in [0.15, 0.2) is 0 Å². The summed E-state index contributed by atoms with van der Waals surface area (Å²) < 4.78 is 0. The van der Waals surface area contributed by atoms with Crippen molar-refractivity contribution in [2.75, 3.05) is 11.9 Å². The van der Waals surface area contributed by atoms with E-state index < -0.39 is 11.9 Å². The number of nitrogens with one attached hydrogen (secondary N) is 2. The molecule has 0 radical (unpaired) electrons. The molecule has 0 aliphatic rings. The standard InChI is InChI=1S/C17H18N4O3S/c18-10-13(17(24)20-9-3-1-2-4-16(22)23)11-21-14-5-7-15(8-6-14)25-12-19/h5-8,11,21H,1-4,9H2,(H,20,24)(H,22,23)/b13-11-. The van der Waals surface area contributed by atoms with Crippen molar-refractivity contribution < 1.29 is 14.7 Å². The van der Waals surface area contributed by atoms with Crippen molar-refractivity contribution >= 4 is 29.3 Å². The highest BCUT2D eigenvalue weighted by Gasteiger charge is 2.08. The van der Waals surface area contributed by atoms with Crippen LogP contribution in [0.5, 0.6) is 0 Å². The zero-order chi connectivity index (χ0) is 18.5. The number of carbonyl (C=O) groups is 2. The van der Waals surface area contributed by atoms with Crippen LogP contribution in [0.1, 0.15) is 25.7 Å². The Morgan fingerprint density at radius 3 is 2.48 bits per heavy atom. The molecule has 0 spiro atoms. The van der Waals surface area contributed by atoms with E-state index in [0.717, 1.165) is 16.7 Å². The molecule has 25 heavy (non-hydrogen) atoms. The van der Waals surface area contributed by atoms with E-state index in [-0.39, 0.29) is 12.0 Å². The number of unbranched alkanes of at least 4 members (excludes halogenated alkanes) is 2. The number of carboxylic acids is 1. The Morgan fingerprint density at radius 1 is 1.16 bits per heavy atom. The minimum atomic E-state index is -0.830. The van der Waals surface area contributed by atoms with E-state index in [1.54, 1.807) is 24.3 Å². The normalized spacial score (nSPS) is 10.4. The van der Waals surface area contributed by atoms with E-state index in [9.17, 15) is 9.59 Å². The molecule has 0 saturated carbocycles. The number of nitriles is 2. The average molecular weight is 358 g/mol. The summed E-state index contributed by atoms with van der Waals surface area (Å²) in [5.41, 5.74) is 0.637. The first kappa shape index (κ1) is 20.1. The van der Waals surface area contributed by atoms with Gasteiger partial charge in [-0.05, 0) is 48.9 Å². The molecule has 1 aromatic carbocycles. The first-order valence-electron chi connectivity index (χ1n) is 7.59. The van der Waals surface area contributed by atoms with Gasteiger partial charge < -0.3 is 15.7 Å². The molecule has 0 heterocycles. The van der Waals surface area contributed by atoms with Gasteiger partial charge in [0.05, 0.1) is 0 Å². The number of thiocyanates is 1. The van der Waals surface area contributed by atoms with Gasteiger partial charge in [-0.1, -0.05) is 6.42 Å². The van der Waals surface area contributed by atoms with Crippen molar-refractivity contribution in [2.45, 2.75) is 30.6 Å². The second kappa shape index (κ2) is 11.5. The fourth-order valence-corrected chi connectivity index (χ4v) is 2.23. The molecule has 8 heteroatoms. The molecule has 0 saturated heterocycles. The molecule has 7 nitrogen and oxygen atoms in total. The number of carbonyl (C=O) groups excluding carboxylic acids is 1. The maximum atomic E-state index is 11.9. The first-order valence-corrected chi connectivity index (χ1v) is 8.41. The van der Waals surface area contributed by atoms with Crippen LogP contribution >= 0.6 is 11.8 Å². The smallest absolute Gasteiger partial charge is 0.303 e. The summed E-state index contributed by atoms with van der Waals surface area (Å²) >= 11 is 1.05. The second-order valence-corrected chi connectivity index (χ2v) is 5.85. The van der Waals surface area contributed by atoms with Gasteiger partial charge in [-0.2, -0.15) is 10.5 Å². The maximum Gasteiger partial charge on any atom is 0.303 e. The molecule has 1 aromatic rings. The Morgan fingerprint density at radius 2 is 1.88 bits per heavy atom. The Labute approximate surface area is 150 Å². The lowest BCUT2D eigenvalue weighted by molar-refractivity contribution is -0.137. The third-order valence-electron chi connectivity index (χ3n) is 3.12. The monoisotopic (exact) mass is 358 g/mol. The molecule has 3 N–H and O–H groups in total. The number of thioether (sulfide) groups is 1. The number of amides is 1. The zero-order valence-corrected chi connectivity index (χ0v) is 14.3. The number of anilines is 1. The predicted octanol–water partition coefficient (Wildman–Crippen LogP) is 2.84. The van der Waals surface area contributed by atoms with E-state index in [1.165, 1.54) is 6.20 Å². The molecule has 0 aliphatic carbocycles. The maximum absolute atomic E-state index is 11.9. The van der Waals surface area contributed by atoms with E-state index in [1.807, 2.05) is 11.5 Å². The molecule has 0 aliphatic heterocycles. The van der Waals surface area contributed by atoms with Gasteiger partial charge in [-0.25, -0.2) is 0 Å². The molecule has 0 atom stereocenters. The molecule has 0 unspecified atom stereocenters. The van der Waals surface area contributed by atoms with Crippen molar-refractivity contribution in [3.8, 4) is 11.5 Å². The lowest BCUT2D eigenvalue weighted by atomic mass is 10.2. The highest BCUT2D eigenvalue weighted by molar-refractivity contribution is 8.03. The first-order chi connectivity index (χ1) is 12.1. The number of rotatable bonds is 10. The molecule has 0 bridgehead atoms. The summed E-state index contributed by atoms with van der Waals surface area (Å²) in [6.07, 6.45) is 3.36. The highest BCUT2D eigenvalue weighted by Crippen LogP contribution is 2.19. The van der Waals surface area contributed by atoms with E-state index in [0.29, 0.717) is 31.5 Å². The van der Waals surface area contributed by atoms with Gasteiger partial charge in [0, 0.05) is 29.7 Å². The van der Waals surface area contributed by atoms with Crippen molar-refractivity contribution in [1.29, 1.82) is 10.5 Å². The quantitative estimate of drug-likeness (QED) is 0.193. The molecule has 0 fully saturated rings. The number of hydrogen-bond acceptors (Lipinski definition) is 6. The van der Waals surface area contributed by atoms with Crippen LogP contribution in [0, 0.1) is 22.0 Å². The summed E-state index contributed by atoms with van der Waals surface area (Å²) in [7, 11) is 0. The molecular weight excluding hydrogens is 340 g/mol. The lowest BCUT2D eigenvalue weighted by Crippen LogP contribution is -2.26. The number of carboxylic acid groups (broad SMARTS) is 1. The van der Waals surface area contributed by atoms with Crippen LogP contribution in [0.3, 0.4) is 0 Å². The van der Waals surface area contributed by atoms with Crippen LogP contribution in [-0.4, -0.2) is 23.5 Å². The van der Waals surface area contributed by atoms with Crippen molar-refractivity contribution in [1.82, 2.24) is 5.32 Å². The molecule has 1 rings (SSSR count). The summed E-state index contributed by atoms with van der Waals surface area (Å²) in [4.78, 5) is 23.1. The predicted molar refractivity (Wildman–Crippen MR) is 94.3 cm³/mol. The van der Waals surface area contributed by atoms with Crippen LogP contribution in [0.25, 0.3) is 0 Å². The van der Waals surface area contributed by atoms with Crippen LogP contribution in [0.15, 0.2) is 40.9 Å². The van der Waals surface area contributed by atoms with E-state index in [2.05, 4.69) is 10.6 Å². The highest BCUT2D eigenvalue weighted by atomic mass is 32.2. The minimum Gasteiger partial charge on any atom is -0.481 e. The summed E-state index contributed by atoms with van der Waals surface area (Å²) in [6.45, 7) is 0.386. The Kier molecular flexibility index (Phi) is 9.27. The molecule has 1 amide bonds. The van der Waals surface area contributed by atoms with Gasteiger partial charge in [0.2, 0.25) is 0 Å². The zero-order valence-electron chi connectivity index (χ0n) is 13.5. The number of hydrogen-bond donors (Lipinski definition) is 3. The van der Waals surface area contributed by atoms with Crippen molar-refractivity contribution in [2.24, 2.45) is 0 Å². The summed E-state index contributed by atoms with van der Waals surface area (Å²) in [5, 5.41) is 33.6. The number of aliphatic carboxylic acids is 1. The molecule has 0 aromatic heterocycles. The van der Waals surface area contributed by atoms with Gasteiger partial charge in [-0.3, -0.25) is 9.59 Å². The lowest BCUT2D eigenvalue weighted by Gasteiger charge is -2.05. The number of nitrogens with zero attached hydrogens (tertiary/aromatic N) is 2. The fraction of sp³-hybridized carbons (Fsp3) is 0.294. The van der Waals surface area contributed by atoms with Crippen molar-refractivity contribution in [3.63, 3.8) is 0 Å². The van der Waals surface area contributed by atoms with E-state index >= 15 is 0 Å². The second-order valence-electron chi connectivity index (χ2n) is 4.99. The van der Waals surface area contributed by atoms with E-state index in [4.69, 9.17) is 15.6 Å². The van der Waals surface area contributed by atoms with Crippen LogP contribution in [0.2, 0.25) is 0 Å². The van der Waals surface area contributed by atoms with Crippen LogP contribution in [-0.2, 0) is 9.59 Å². The summed E-state index contributed by atoms with van der Waals surface area (Å²) in [5.74, 6) is -1.31. The van der Waals surface area contributed by atoms with Crippen molar-refractivity contribution in [3.05, 3.63) is 36.0 Å². The Bertz CT molecular complexity index is 702. The molecular formula is C17H18N4O3S. The Balaban J connectivity index is 2.42. The minimum absolute atomic E-state index is 0.0546. The fourth-order valence-electron chi connectivity index (χ4n) is 1.85. The van der Waals surface area contributed by atoms with Crippen LogP contribution in [0.4, 0.5) is 5.69 Å². The number of benzene rings is 1. The van der Waals surface area contributed by atoms with Gasteiger partial charge >= 0.3 is 5.97 Å².